The molecule has 1 saturated heterocycles. The van der Waals surface area contributed by atoms with Crippen LogP contribution in [-0.4, -0.2) is 27.5 Å². The molecule has 1 aliphatic rings. The molecular weight excluding hydrogens is 234 g/mol. The van der Waals surface area contributed by atoms with Crippen LogP contribution >= 0.6 is 11.8 Å². The molecule has 17 heavy (non-hydrogen) atoms. The molecule has 3 heterocycles. The topological polar surface area (TPSA) is 39.4 Å². The van der Waals surface area contributed by atoms with E-state index in [0.717, 1.165) is 17.2 Å². The second-order valence-electron chi connectivity index (χ2n) is 4.21. The molecule has 0 saturated carbocycles. The smallest absolute Gasteiger partial charge is 0.164 e. The Balaban J connectivity index is 1.99. The van der Waals surface area contributed by atoms with E-state index in [9.17, 15) is 0 Å². The average Bonchev–Trinajstić information content (AvgIpc) is 2.82. The SMILES string of the molecule is COc1ccn2c(C3CCCCS3)nnc2c1. The van der Waals surface area contributed by atoms with Gasteiger partial charge in [-0.25, -0.2) is 0 Å². The molecule has 1 fully saturated rings. The number of methoxy groups -OCH3 is 1. The number of fused-ring (bicyclic) bond motifs is 1. The van der Waals surface area contributed by atoms with Gasteiger partial charge in [0.15, 0.2) is 11.5 Å². The van der Waals surface area contributed by atoms with Crippen LogP contribution in [-0.2, 0) is 0 Å². The minimum atomic E-state index is 0.493. The Kier molecular flexibility index (Phi) is 2.93. The third-order valence-corrected chi connectivity index (χ3v) is 4.48. The lowest BCUT2D eigenvalue weighted by Gasteiger charge is -2.19. The minimum absolute atomic E-state index is 0.493. The van der Waals surface area contributed by atoms with E-state index < -0.39 is 0 Å². The lowest BCUT2D eigenvalue weighted by Crippen LogP contribution is -2.06. The zero-order valence-corrected chi connectivity index (χ0v) is 10.6. The third kappa shape index (κ3) is 1.99. The molecule has 5 heteroatoms. The molecule has 0 amide bonds. The number of ether oxygens (including phenoxy) is 1. The summed E-state index contributed by atoms with van der Waals surface area (Å²) in [6.45, 7) is 0. The van der Waals surface area contributed by atoms with Crippen molar-refractivity contribution in [1.82, 2.24) is 14.6 Å². The first-order chi connectivity index (χ1) is 8.38. The van der Waals surface area contributed by atoms with Crippen LogP contribution in [0.5, 0.6) is 5.75 Å². The maximum atomic E-state index is 5.19. The van der Waals surface area contributed by atoms with E-state index in [1.165, 1.54) is 25.0 Å². The number of hydrogen-bond donors (Lipinski definition) is 0. The number of thioether (sulfide) groups is 1. The fourth-order valence-corrected chi connectivity index (χ4v) is 3.48. The standard InChI is InChI=1S/C12H15N3OS/c1-16-9-5-6-15-11(8-9)13-14-12(15)10-4-2-3-7-17-10/h5-6,8,10H,2-4,7H2,1H3. The highest BCUT2D eigenvalue weighted by Gasteiger charge is 2.21. The van der Waals surface area contributed by atoms with Crippen molar-refractivity contribution in [3.8, 4) is 5.75 Å². The van der Waals surface area contributed by atoms with Crippen molar-refractivity contribution < 1.29 is 4.74 Å². The van der Waals surface area contributed by atoms with E-state index in [4.69, 9.17) is 4.74 Å². The first kappa shape index (κ1) is 10.9. The summed E-state index contributed by atoms with van der Waals surface area (Å²) in [5.74, 6) is 3.13. The van der Waals surface area contributed by atoms with Crippen LogP contribution in [0.15, 0.2) is 18.3 Å². The van der Waals surface area contributed by atoms with Crippen molar-refractivity contribution in [3.63, 3.8) is 0 Å². The van der Waals surface area contributed by atoms with Gasteiger partial charge in [-0.15, -0.1) is 10.2 Å². The fourth-order valence-electron chi connectivity index (χ4n) is 2.18. The van der Waals surface area contributed by atoms with Gasteiger partial charge >= 0.3 is 0 Å². The van der Waals surface area contributed by atoms with Crippen molar-refractivity contribution in [3.05, 3.63) is 24.2 Å². The van der Waals surface area contributed by atoms with E-state index in [1.54, 1.807) is 7.11 Å². The van der Waals surface area contributed by atoms with Gasteiger partial charge in [0.25, 0.3) is 0 Å². The van der Waals surface area contributed by atoms with Crippen LogP contribution in [0.25, 0.3) is 5.65 Å². The van der Waals surface area contributed by atoms with Gasteiger partial charge < -0.3 is 4.74 Å². The molecule has 4 nitrogen and oxygen atoms in total. The highest BCUT2D eigenvalue weighted by atomic mass is 32.2. The number of aromatic nitrogens is 3. The van der Waals surface area contributed by atoms with Gasteiger partial charge in [0, 0.05) is 12.3 Å². The molecule has 0 radical (unpaired) electrons. The highest BCUT2D eigenvalue weighted by Crippen LogP contribution is 2.37. The number of rotatable bonds is 2. The lowest BCUT2D eigenvalue weighted by molar-refractivity contribution is 0.414. The molecule has 0 aliphatic carbocycles. The Hall–Kier alpha value is -1.23. The van der Waals surface area contributed by atoms with E-state index in [0.29, 0.717) is 5.25 Å². The third-order valence-electron chi connectivity index (χ3n) is 3.11. The van der Waals surface area contributed by atoms with E-state index in [2.05, 4.69) is 14.6 Å². The summed E-state index contributed by atoms with van der Waals surface area (Å²) in [5.41, 5.74) is 0.866. The summed E-state index contributed by atoms with van der Waals surface area (Å²) in [6, 6.07) is 3.87. The maximum absolute atomic E-state index is 5.19. The molecule has 1 atom stereocenters. The number of hydrogen-bond acceptors (Lipinski definition) is 4. The van der Waals surface area contributed by atoms with Crippen molar-refractivity contribution >= 4 is 17.4 Å². The zero-order chi connectivity index (χ0) is 11.7. The van der Waals surface area contributed by atoms with Gasteiger partial charge in [0.1, 0.15) is 5.75 Å². The molecule has 0 N–H and O–H groups in total. The van der Waals surface area contributed by atoms with Gasteiger partial charge in [0.2, 0.25) is 0 Å². The summed E-state index contributed by atoms with van der Waals surface area (Å²) < 4.78 is 7.27. The van der Waals surface area contributed by atoms with Crippen molar-refractivity contribution in [2.24, 2.45) is 0 Å². The van der Waals surface area contributed by atoms with Crippen LogP contribution in [0.2, 0.25) is 0 Å². The van der Waals surface area contributed by atoms with Crippen LogP contribution in [0.3, 0.4) is 0 Å². The molecule has 0 bridgehead atoms. The van der Waals surface area contributed by atoms with Crippen LogP contribution in [0.1, 0.15) is 30.3 Å². The van der Waals surface area contributed by atoms with E-state index >= 15 is 0 Å². The lowest BCUT2D eigenvalue weighted by atomic mass is 10.2. The number of nitrogens with zero attached hydrogens (tertiary/aromatic N) is 3. The second-order valence-corrected chi connectivity index (χ2v) is 5.52. The molecule has 3 rings (SSSR count). The number of pyridine rings is 1. The molecule has 1 aliphatic heterocycles. The average molecular weight is 249 g/mol. The molecule has 1 unspecified atom stereocenters. The predicted octanol–water partition coefficient (Wildman–Crippen LogP) is 2.70. The minimum Gasteiger partial charge on any atom is -0.497 e. The summed E-state index contributed by atoms with van der Waals surface area (Å²) in [7, 11) is 1.67. The Morgan fingerprint density at radius 2 is 2.35 bits per heavy atom. The second kappa shape index (κ2) is 4.56. The first-order valence-corrected chi connectivity index (χ1v) is 6.93. The fraction of sp³-hybridized carbons (Fsp3) is 0.500. The van der Waals surface area contributed by atoms with Gasteiger partial charge in [-0.05, 0) is 24.7 Å². The molecule has 0 aromatic carbocycles. The van der Waals surface area contributed by atoms with Gasteiger partial charge in [0.05, 0.1) is 12.4 Å². The molecule has 2 aromatic rings. The van der Waals surface area contributed by atoms with Crippen molar-refractivity contribution in [2.45, 2.75) is 24.5 Å². The molecular formula is C12H15N3OS. The zero-order valence-electron chi connectivity index (χ0n) is 9.80. The van der Waals surface area contributed by atoms with Gasteiger partial charge in [-0.1, -0.05) is 6.42 Å². The summed E-state index contributed by atoms with van der Waals surface area (Å²) in [6.07, 6.45) is 5.82. The van der Waals surface area contributed by atoms with Crippen LogP contribution in [0.4, 0.5) is 0 Å². The first-order valence-electron chi connectivity index (χ1n) is 5.89. The van der Waals surface area contributed by atoms with Crippen LogP contribution in [0, 0.1) is 0 Å². The Morgan fingerprint density at radius 3 is 3.12 bits per heavy atom. The van der Waals surface area contributed by atoms with Crippen molar-refractivity contribution in [2.75, 3.05) is 12.9 Å². The summed E-state index contributed by atoms with van der Waals surface area (Å²) in [4.78, 5) is 0. The molecule has 0 spiro atoms. The molecule has 2 aromatic heterocycles. The molecule has 90 valence electrons. The van der Waals surface area contributed by atoms with E-state index in [-0.39, 0.29) is 0 Å². The van der Waals surface area contributed by atoms with Gasteiger partial charge in [-0.2, -0.15) is 11.8 Å². The Bertz CT molecular complexity index is 519. The maximum Gasteiger partial charge on any atom is 0.164 e. The normalized spacial score (nSPS) is 20.6. The quantitative estimate of drug-likeness (QED) is 0.820. The highest BCUT2D eigenvalue weighted by molar-refractivity contribution is 7.99. The summed E-state index contributed by atoms with van der Waals surface area (Å²) >= 11 is 1.99. The largest absolute Gasteiger partial charge is 0.497 e. The Labute approximate surface area is 104 Å². The van der Waals surface area contributed by atoms with Crippen molar-refractivity contribution in [1.29, 1.82) is 0 Å². The monoisotopic (exact) mass is 249 g/mol. The summed E-state index contributed by atoms with van der Waals surface area (Å²) in [5, 5.41) is 9.05. The Morgan fingerprint density at radius 1 is 1.41 bits per heavy atom. The van der Waals surface area contributed by atoms with E-state index in [1.807, 2.05) is 30.1 Å². The predicted molar refractivity (Wildman–Crippen MR) is 68.6 cm³/mol. The van der Waals surface area contributed by atoms with Crippen LogP contribution < -0.4 is 4.74 Å². The van der Waals surface area contributed by atoms with Gasteiger partial charge in [-0.3, -0.25) is 4.40 Å².